The van der Waals surface area contributed by atoms with Crippen molar-refractivity contribution in [2.24, 2.45) is 5.41 Å². The molecule has 1 N–H and O–H groups in total. The lowest BCUT2D eigenvalue weighted by molar-refractivity contribution is -0.127. The van der Waals surface area contributed by atoms with Gasteiger partial charge in [-0.1, -0.05) is 17.3 Å². The summed E-state index contributed by atoms with van der Waals surface area (Å²) in [7, 11) is 0. The maximum absolute atomic E-state index is 12.1. The van der Waals surface area contributed by atoms with Crippen molar-refractivity contribution in [3.63, 3.8) is 0 Å². The third-order valence-corrected chi connectivity index (χ3v) is 5.09. The molecule has 5 nitrogen and oxygen atoms in total. The van der Waals surface area contributed by atoms with Crippen LogP contribution >= 0.6 is 11.5 Å². The van der Waals surface area contributed by atoms with Gasteiger partial charge in [-0.05, 0) is 37.7 Å². The minimum Gasteiger partial charge on any atom is -0.378 e. The van der Waals surface area contributed by atoms with E-state index in [0.717, 1.165) is 25.9 Å². The van der Waals surface area contributed by atoms with Crippen LogP contribution < -0.4 is 5.32 Å². The predicted octanol–water partition coefficient (Wildman–Crippen LogP) is 2.01. The predicted molar refractivity (Wildman–Crippen MR) is 72.1 cm³/mol. The number of nitrogens with zero attached hydrogens (tertiary/aromatic N) is 2. The molecule has 2 saturated carbocycles. The average molecular weight is 281 g/mol. The molecule has 104 valence electrons. The van der Waals surface area contributed by atoms with Crippen LogP contribution in [-0.4, -0.2) is 34.2 Å². The second-order valence-corrected chi connectivity index (χ2v) is 6.05. The molecule has 1 aromatic heterocycles. The van der Waals surface area contributed by atoms with Crippen molar-refractivity contribution < 1.29 is 9.53 Å². The third-order valence-electron chi connectivity index (χ3n) is 4.59. The minimum atomic E-state index is -0.0972. The second-order valence-electron chi connectivity index (χ2n) is 5.44. The van der Waals surface area contributed by atoms with Crippen LogP contribution in [0.2, 0.25) is 0 Å². The van der Waals surface area contributed by atoms with Gasteiger partial charge in [-0.15, -0.1) is 5.10 Å². The van der Waals surface area contributed by atoms with Gasteiger partial charge in [0.05, 0.1) is 6.10 Å². The molecule has 19 heavy (non-hydrogen) atoms. The molecule has 0 bridgehead atoms. The van der Waals surface area contributed by atoms with Gasteiger partial charge in [0, 0.05) is 23.4 Å². The quantitative estimate of drug-likeness (QED) is 0.917. The zero-order valence-corrected chi connectivity index (χ0v) is 11.9. The SMILES string of the molecule is CCO[C@@H]1C[C@@H](NC(=O)c2csnn2)C12CCCC2. The molecule has 2 aliphatic carbocycles. The van der Waals surface area contributed by atoms with Crippen molar-refractivity contribution in [3.05, 3.63) is 11.1 Å². The lowest BCUT2D eigenvalue weighted by Crippen LogP contribution is -2.63. The molecule has 2 atom stereocenters. The summed E-state index contributed by atoms with van der Waals surface area (Å²) in [6.45, 7) is 2.79. The van der Waals surface area contributed by atoms with Crippen molar-refractivity contribution >= 4 is 17.4 Å². The first kappa shape index (κ1) is 13.0. The first-order valence-electron chi connectivity index (χ1n) is 6.96. The van der Waals surface area contributed by atoms with Crippen molar-refractivity contribution in [3.8, 4) is 0 Å². The fraction of sp³-hybridized carbons (Fsp3) is 0.769. The summed E-state index contributed by atoms with van der Waals surface area (Å²) >= 11 is 1.21. The molecule has 1 amide bonds. The Morgan fingerprint density at radius 2 is 2.37 bits per heavy atom. The smallest absolute Gasteiger partial charge is 0.272 e. The fourth-order valence-corrected chi connectivity index (χ4v) is 4.02. The highest BCUT2D eigenvalue weighted by Gasteiger charge is 2.57. The topological polar surface area (TPSA) is 64.1 Å². The van der Waals surface area contributed by atoms with Crippen LogP contribution in [0.15, 0.2) is 5.38 Å². The van der Waals surface area contributed by atoms with E-state index in [0.29, 0.717) is 11.8 Å². The number of nitrogens with one attached hydrogen (secondary N) is 1. The van der Waals surface area contributed by atoms with Crippen LogP contribution in [0, 0.1) is 5.41 Å². The summed E-state index contributed by atoms with van der Waals surface area (Å²) in [6.07, 6.45) is 6.06. The van der Waals surface area contributed by atoms with Crippen LogP contribution in [0.1, 0.15) is 49.5 Å². The largest absolute Gasteiger partial charge is 0.378 e. The summed E-state index contributed by atoms with van der Waals surface area (Å²) in [5, 5.41) is 8.64. The molecule has 0 radical (unpaired) electrons. The molecule has 1 heterocycles. The van der Waals surface area contributed by atoms with Crippen LogP contribution in [0.25, 0.3) is 0 Å². The van der Waals surface area contributed by atoms with Crippen molar-refractivity contribution in [1.29, 1.82) is 0 Å². The molecule has 1 spiro atoms. The molecule has 0 unspecified atom stereocenters. The highest BCUT2D eigenvalue weighted by Crippen LogP contribution is 2.54. The molecule has 3 rings (SSSR count). The number of amides is 1. The number of hydrogen-bond donors (Lipinski definition) is 1. The van der Waals surface area contributed by atoms with Crippen molar-refractivity contribution in [1.82, 2.24) is 14.9 Å². The summed E-state index contributed by atoms with van der Waals surface area (Å²) in [5.41, 5.74) is 0.604. The average Bonchev–Trinajstić information content (AvgIpc) is 3.09. The monoisotopic (exact) mass is 281 g/mol. The lowest BCUT2D eigenvalue weighted by Gasteiger charge is -2.53. The number of hydrogen-bond acceptors (Lipinski definition) is 5. The Hall–Kier alpha value is -1.01. The Bertz CT molecular complexity index is 443. The Morgan fingerprint density at radius 3 is 3.00 bits per heavy atom. The van der Waals surface area contributed by atoms with Gasteiger partial charge in [-0.25, -0.2) is 0 Å². The van der Waals surface area contributed by atoms with E-state index in [2.05, 4.69) is 14.9 Å². The Kier molecular flexibility index (Phi) is 3.54. The summed E-state index contributed by atoms with van der Waals surface area (Å²) < 4.78 is 9.57. The van der Waals surface area contributed by atoms with E-state index < -0.39 is 0 Å². The van der Waals surface area contributed by atoms with Gasteiger partial charge in [0.15, 0.2) is 5.69 Å². The number of rotatable bonds is 4. The van der Waals surface area contributed by atoms with E-state index in [1.165, 1.54) is 24.4 Å². The van der Waals surface area contributed by atoms with Crippen LogP contribution in [0.3, 0.4) is 0 Å². The van der Waals surface area contributed by atoms with E-state index in [1.54, 1.807) is 5.38 Å². The van der Waals surface area contributed by atoms with Crippen LogP contribution in [0.5, 0.6) is 0 Å². The van der Waals surface area contributed by atoms with Crippen LogP contribution in [-0.2, 0) is 4.74 Å². The Balaban J connectivity index is 1.67. The van der Waals surface area contributed by atoms with Crippen LogP contribution in [0.4, 0.5) is 0 Å². The third kappa shape index (κ3) is 2.17. The van der Waals surface area contributed by atoms with Gasteiger partial charge < -0.3 is 10.1 Å². The first-order chi connectivity index (χ1) is 9.26. The lowest BCUT2D eigenvalue weighted by atomic mass is 9.60. The molecule has 2 fully saturated rings. The van der Waals surface area contributed by atoms with E-state index in [4.69, 9.17) is 4.74 Å². The maximum atomic E-state index is 12.1. The van der Waals surface area contributed by atoms with E-state index in [9.17, 15) is 4.79 Å². The van der Waals surface area contributed by atoms with E-state index >= 15 is 0 Å². The highest BCUT2D eigenvalue weighted by molar-refractivity contribution is 7.03. The molecule has 1 aromatic rings. The summed E-state index contributed by atoms with van der Waals surface area (Å²) in [5.74, 6) is -0.0972. The molecule has 0 saturated heterocycles. The maximum Gasteiger partial charge on any atom is 0.272 e. The van der Waals surface area contributed by atoms with Crippen molar-refractivity contribution in [2.45, 2.75) is 51.2 Å². The van der Waals surface area contributed by atoms with Gasteiger partial charge in [0.2, 0.25) is 0 Å². The van der Waals surface area contributed by atoms with Crippen molar-refractivity contribution in [2.75, 3.05) is 6.61 Å². The van der Waals surface area contributed by atoms with E-state index in [-0.39, 0.29) is 17.4 Å². The molecule has 6 heteroatoms. The van der Waals surface area contributed by atoms with Gasteiger partial charge in [0.25, 0.3) is 5.91 Å². The summed E-state index contributed by atoms with van der Waals surface area (Å²) in [4.78, 5) is 12.1. The molecule has 0 aromatic carbocycles. The fourth-order valence-electron chi connectivity index (χ4n) is 3.58. The van der Waals surface area contributed by atoms with E-state index in [1.807, 2.05) is 6.92 Å². The molecular weight excluding hydrogens is 262 g/mol. The first-order valence-corrected chi connectivity index (χ1v) is 7.79. The minimum absolute atomic E-state index is 0.0972. The number of carbonyl (C=O) groups is 1. The van der Waals surface area contributed by atoms with Gasteiger partial charge in [0.1, 0.15) is 0 Å². The second kappa shape index (κ2) is 5.17. The Labute approximate surface area is 116 Å². The van der Waals surface area contributed by atoms with Gasteiger partial charge >= 0.3 is 0 Å². The highest BCUT2D eigenvalue weighted by atomic mass is 32.1. The number of aromatic nitrogens is 2. The molecule has 0 aliphatic heterocycles. The number of carbonyl (C=O) groups excluding carboxylic acids is 1. The zero-order chi connectivity index (χ0) is 13.3. The van der Waals surface area contributed by atoms with Gasteiger partial charge in [-0.3, -0.25) is 4.79 Å². The number of ether oxygens (including phenoxy) is 1. The standard InChI is InChI=1S/C13H19N3O2S/c1-2-18-11-7-10(13(11)5-3-4-6-13)14-12(17)9-8-19-16-15-9/h8,10-11H,2-7H2,1H3,(H,14,17)/t10-,11-/m1/s1. The zero-order valence-electron chi connectivity index (χ0n) is 11.1. The Morgan fingerprint density at radius 1 is 1.58 bits per heavy atom. The molecule has 2 aliphatic rings. The van der Waals surface area contributed by atoms with Gasteiger partial charge in [-0.2, -0.15) is 0 Å². The normalized spacial score (nSPS) is 28.3. The molecular formula is C13H19N3O2S. The summed E-state index contributed by atoms with van der Waals surface area (Å²) in [6, 6.07) is 0.237.